The summed E-state index contributed by atoms with van der Waals surface area (Å²) in [6, 6.07) is 0. The molecule has 0 aliphatic carbocycles. The Morgan fingerprint density at radius 3 is 0.676 bits per heavy atom. The van der Waals surface area contributed by atoms with E-state index in [0.717, 1.165) is 102 Å². The minimum atomic E-state index is -4.97. The molecule has 0 amide bonds. The lowest BCUT2D eigenvalue weighted by molar-refractivity contribution is -0.161. The molecule has 0 bridgehead atoms. The first-order chi connectivity index (χ1) is 50.9. The van der Waals surface area contributed by atoms with Gasteiger partial charge in [-0.05, 0) is 37.5 Å². The van der Waals surface area contributed by atoms with Gasteiger partial charge in [0.2, 0.25) is 0 Å². The van der Waals surface area contributed by atoms with E-state index in [1.54, 1.807) is 0 Å². The van der Waals surface area contributed by atoms with Crippen molar-refractivity contribution in [1.29, 1.82) is 0 Å². The number of aliphatic hydroxyl groups is 1. The van der Waals surface area contributed by atoms with Gasteiger partial charge in [-0.3, -0.25) is 37.3 Å². The maximum atomic E-state index is 13.1. The molecule has 105 heavy (non-hydrogen) atoms. The van der Waals surface area contributed by atoms with Crippen LogP contribution >= 0.6 is 15.6 Å². The molecule has 0 saturated heterocycles. The maximum Gasteiger partial charge on any atom is 0.472 e. The average Bonchev–Trinajstić information content (AvgIpc) is 0.919. The van der Waals surface area contributed by atoms with E-state index in [1.165, 1.54) is 276 Å². The molecule has 0 aliphatic rings. The summed E-state index contributed by atoms with van der Waals surface area (Å²) in [7, 11) is -9.93. The number of hydrogen-bond acceptors (Lipinski definition) is 15. The Bertz CT molecular complexity index is 2010. The van der Waals surface area contributed by atoms with Gasteiger partial charge in [-0.1, -0.05) is 408 Å². The summed E-state index contributed by atoms with van der Waals surface area (Å²) in [6.45, 7) is 9.77. The summed E-state index contributed by atoms with van der Waals surface area (Å²) in [5, 5.41) is 10.7. The number of aliphatic hydroxyl groups excluding tert-OH is 1. The number of rotatable bonds is 85. The van der Waals surface area contributed by atoms with Crippen molar-refractivity contribution in [1.82, 2.24) is 0 Å². The van der Waals surface area contributed by atoms with Gasteiger partial charge in [0.1, 0.15) is 19.3 Å². The fraction of sp³-hybridized carbons (Fsp3) is 0.953. The molecule has 0 aromatic carbocycles. The number of unbranched alkanes of at least 4 members (excludes halogenated alkanes) is 53. The number of hydrogen-bond donors (Lipinski definition) is 3. The van der Waals surface area contributed by atoms with Gasteiger partial charge in [-0.15, -0.1) is 0 Å². The maximum absolute atomic E-state index is 13.1. The predicted octanol–water partition coefficient (Wildman–Crippen LogP) is 26.2. The number of phosphoric acid groups is 2. The fourth-order valence-corrected chi connectivity index (χ4v) is 14.9. The highest BCUT2D eigenvalue weighted by Crippen LogP contribution is 2.45. The fourth-order valence-electron chi connectivity index (χ4n) is 13.4. The second-order valence-corrected chi connectivity index (χ2v) is 34.3. The van der Waals surface area contributed by atoms with Crippen molar-refractivity contribution in [3.05, 3.63) is 0 Å². The number of carbonyl (C=O) groups is 4. The molecule has 0 rings (SSSR count). The highest BCUT2D eigenvalue weighted by molar-refractivity contribution is 7.47. The lowest BCUT2D eigenvalue weighted by atomic mass is 9.99. The van der Waals surface area contributed by atoms with Gasteiger partial charge in [0.05, 0.1) is 26.4 Å². The van der Waals surface area contributed by atoms with Gasteiger partial charge in [0.25, 0.3) is 0 Å². The zero-order valence-electron chi connectivity index (χ0n) is 69.0. The van der Waals surface area contributed by atoms with Gasteiger partial charge in [-0.2, -0.15) is 0 Å². The zero-order chi connectivity index (χ0) is 77.1. The van der Waals surface area contributed by atoms with Crippen LogP contribution in [0.1, 0.15) is 459 Å². The molecule has 4 unspecified atom stereocenters. The smallest absolute Gasteiger partial charge is 0.462 e. The molecule has 0 radical (unpaired) electrons. The van der Waals surface area contributed by atoms with Crippen LogP contribution in [0.15, 0.2) is 0 Å². The van der Waals surface area contributed by atoms with Crippen LogP contribution in [-0.4, -0.2) is 96.7 Å². The highest BCUT2D eigenvalue weighted by atomic mass is 31.2. The summed E-state index contributed by atoms with van der Waals surface area (Å²) in [5.74, 6) is -0.426. The minimum Gasteiger partial charge on any atom is -0.462 e. The van der Waals surface area contributed by atoms with Crippen molar-refractivity contribution >= 4 is 39.5 Å². The third kappa shape index (κ3) is 77.2. The number of carbonyl (C=O) groups excluding carboxylic acids is 4. The molecule has 0 heterocycles. The van der Waals surface area contributed by atoms with Crippen molar-refractivity contribution in [2.75, 3.05) is 39.6 Å². The quantitative estimate of drug-likeness (QED) is 0.0222. The van der Waals surface area contributed by atoms with Crippen molar-refractivity contribution < 1.29 is 80.2 Å². The summed E-state index contributed by atoms with van der Waals surface area (Å²) in [4.78, 5) is 73.2. The molecule has 0 aromatic rings. The van der Waals surface area contributed by atoms with E-state index < -0.39 is 97.5 Å². The van der Waals surface area contributed by atoms with Crippen LogP contribution in [0.3, 0.4) is 0 Å². The molecule has 3 N–H and O–H groups in total. The molecule has 0 fully saturated rings. The van der Waals surface area contributed by atoms with Gasteiger partial charge in [0.15, 0.2) is 12.2 Å². The van der Waals surface area contributed by atoms with Gasteiger partial charge >= 0.3 is 39.5 Å². The first-order valence-electron chi connectivity index (χ1n) is 44.6. The van der Waals surface area contributed by atoms with E-state index in [2.05, 4.69) is 41.5 Å². The Hall–Kier alpha value is -1.94. The Morgan fingerprint density at radius 1 is 0.267 bits per heavy atom. The molecular weight excluding hydrogens is 1370 g/mol. The number of ether oxygens (including phenoxy) is 4. The largest absolute Gasteiger partial charge is 0.472 e. The van der Waals surface area contributed by atoms with Crippen LogP contribution in [-0.2, 0) is 65.4 Å². The van der Waals surface area contributed by atoms with Gasteiger partial charge in [-0.25, -0.2) is 9.13 Å². The van der Waals surface area contributed by atoms with Crippen molar-refractivity contribution in [2.24, 2.45) is 11.8 Å². The first kappa shape index (κ1) is 103. The molecule has 19 heteroatoms. The Labute approximate surface area is 645 Å². The molecule has 7 atom stereocenters. The number of phosphoric ester groups is 2. The summed E-state index contributed by atoms with van der Waals surface area (Å²) in [5.41, 5.74) is 0. The zero-order valence-corrected chi connectivity index (χ0v) is 70.8. The van der Waals surface area contributed by atoms with E-state index in [0.29, 0.717) is 25.7 Å². The SMILES string of the molecule is CCCCCCCCCCCCCCCCCCC(=O)OC[C@H](COP(=O)(O)OC[C@@H](O)COP(=O)(O)OC[C@@H](COC(=O)CCCCCCCCCCCCCCC)OC(=O)CCCCCCCCCCCCC(C)CC)OC(=O)CCCCCCCCCCCCCCCCCCCCC(C)CC. The summed E-state index contributed by atoms with van der Waals surface area (Å²) >= 11 is 0. The van der Waals surface area contributed by atoms with Crippen LogP contribution in [0, 0.1) is 11.8 Å². The first-order valence-corrected chi connectivity index (χ1v) is 47.6. The average molecular weight is 1540 g/mol. The van der Waals surface area contributed by atoms with E-state index >= 15 is 0 Å². The van der Waals surface area contributed by atoms with Crippen molar-refractivity contribution in [3.63, 3.8) is 0 Å². The minimum absolute atomic E-state index is 0.107. The van der Waals surface area contributed by atoms with E-state index in [4.69, 9.17) is 37.0 Å². The molecule has 17 nitrogen and oxygen atoms in total. The van der Waals surface area contributed by atoms with Crippen molar-refractivity contribution in [2.45, 2.75) is 477 Å². The molecular formula is C86H168O17P2. The standard InChI is InChI=1S/C86H168O17P2/c1-7-11-13-15-17-19-21-23-24-30-34-38-45-51-57-63-69-84(89)97-74-81(102-85(90)70-64-58-52-46-39-35-31-28-26-25-27-29-33-36-42-48-54-60-66-78(5)9-3)76-100-104(92,93)98-72-80(87)73-99-105(94,95)101-77-82(75-96-83(88)68-62-56-50-44-37-32-22-20-18-16-14-12-8-2)103-86(91)71-65-59-53-47-41-40-43-49-55-61-67-79(6)10-4/h78-82,87H,7-77H2,1-6H3,(H,92,93)(H,94,95)/t78?,79?,80-,81-,82-/m1/s1. The Balaban J connectivity index is 5.25. The van der Waals surface area contributed by atoms with Crippen LogP contribution < -0.4 is 0 Å². The Morgan fingerprint density at radius 2 is 0.457 bits per heavy atom. The van der Waals surface area contributed by atoms with E-state index in [-0.39, 0.29) is 25.7 Å². The molecule has 0 aliphatic heterocycles. The van der Waals surface area contributed by atoms with Crippen LogP contribution in [0.2, 0.25) is 0 Å². The molecule has 0 spiro atoms. The van der Waals surface area contributed by atoms with Gasteiger partial charge < -0.3 is 33.8 Å². The second-order valence-electron chi connectivity index (χ2n) is 31.4. The Kier molecular flexibility index (Phi) is 76.0. The predicted molar refractivity (Wildman–Crippen MR) is 432 cm³/mol. The monoisotopic (exact) mass is 1540 g/mol. The highest BCUT2D eigenvalue weighted by Gasteiger charge is 2.30. The molecule has 624 valence electrons. The lowest BCUT2D eigenvalue weighted by Crippen LogP contribution is -2.30. The third-order valence-corrected chi connectivity index (χ3v) is 22.8. The van der Waals surface area contributed by atoms with Crippen LogP contribution in [0.5, 0.6) is 0 Å². The summed E-state index contributed by atoms with van der Waals surface area (Å²) < 4.78 is 68.9. The van der Waals surface area contributed by atoms with Crippen LogP contribution in [0.25, 0.3) is 0 Å². The lowest BCUT2D eigenvalue weighted by Gasteiger charge is -2.21. The molecule has 0 saturated carbocycles. The van der Waals surface area contributed by atoms with Gasteiger partial charge in [0, 0.05) is 25.7 Å². The van der Waals surface area contributed by atoms with E-state index in [1.807, 2.05) is 0 Å². The third-order valence-electron chi connectivity index (χ3n) is 20.9. The van der Waals surface area contributed by atoms with E-state index in [9.17, 15) is 43.2 Å². The topological polar surface area (TPSA) is 237 Å². The summed E-state index contributed by atoms with van der Waals surface area (Å²) in [6.07, 6.45) is 69.2. The number of esters is 4. The second kappa shape index (κ2) is 77.4. The van der Waals surface area contributed by atoms with Crippen LogP contribution in [0.4, 0.5) is 0 Å². The normalized spacial score (nSPS) is 14.3. The molecule has 0 aromatic heterocycles. The van der Waals surface area contributed by atoms with Crippen molar-refractivity contribution in [3.8, 4) is 0 Å².